The van der Waals surface area contributed by atoms with Crippen molar-refractivity contribution in [3.8, 4) is 0 Å². The van der Waals surface area contributed by atoms with Crippen molar-refractivity contribution in [2.24, 2.45) is 23.7 Å². The summed E-state index contributed by atoms with van der Waals surface area (Å²) in [5.41, 5.74) is -0.697. The number of aliphatic carboxylic acids is 1. The first-order valence-corrected chi connectivity index (χ1v) is 9.86. The highest BCUT2D eigenvalue weighted by molar-refractivity contribution is 5.76. The second-order valence-electron chi connectivity index (χ2n) is 8.66. The maximum atomic E-state index is 12.1. The van der Waals surface area contributed by atoms with E-state index in [1.165, 1.54) is 0 Å². The van der Waals surface area contributed by atoms with Crippen molar-refractivity contribution in [1.29, 1.82) is 0 Å². The van der Waals surface area contributed by atoms with Gasteiger partial charge in [0.15, 0.2) is 11.9 Å². The summed E-state index contributed by atoms with van der Waals surface area (Å²) in [4.78, 5) is 34.5. The van der Waals surface area contributed by atoms with Gasteiger partial charge in [-0.05, 0) is 38.0 Å². The molecule has 0 aromatic rings. The summed E-state index contributed by atoms with van der Waals surface area (Å²) in [6, 6.07) is 0. The van der Waals surface area contributed by atoms with Gasteiger partial charge in [0.2, 0.25) is 12.1 Å². The second kappa shape index (κ2) is 6.69. The van der Waals surface area contributed by atoms with Gasteiger partial charge in [0.05, 0.1) is 12.8 Å². The minimum atomic E-state index is -1.03. The van der Waals surface area contributed by atoms with Crippen molar-refractivity contribution >= 4 is 11.9 Å². The molecule has 27 heavy (non-hydrogen) atoms. The van der Waals surface area contributed by atoms with Crippen molar-refractivity contribution in [2.75, 3.05) is 0 Å². The van der Waals surface area contributed by atoms with Gasteiger partial charge in [-0.3, -0.25) is 9.59 Å². The number of fused-ring (bicyclic) bond motifs is 2. The van der Waals surface area contributed by atoms with Crippen molar-refractivity contribution < 1.29 is 38.7 Å². The molecule has 8 nitrogen and oxygen atoms in total. The summed E-state index contributed by atoms with van der Waals surface area (Å²) in [5.74, 6) is -1.82. The lowest BCUT2D eigenvalue weighted by Gasteiger charge is -2.59. The molecule has 2 unspecified atom stereocenters. The minimum Gasteiger partial charge on any atom is -0.481 e. The molecule has 8 heteroatoms. The standard InChI is InChI=1S/C19H28O8/c1-10-4-5-13-11(2)16(23-15(22)7-6-14(20)21)24-17-19(13)12(10)8-9-18(3,25-17)26-27-19/h10-13,16-17H,4-9H2,1-3H3,(H,20,21)/t10-,11-,12+,13+,16?,17-,18+,19?/m0/s1. The van der Waals surface area contributed by atoms with Crippen LogP contribution in [0.3, 0.4) is 0 Å². The summed E-state index contributed by atoms with van der Waals surface area (Å²) >= 11 is 0. The second-order valence-corrected chi connectivity index (χ2v) is 8.66. The van der Waals surface area contributed by atoms with Crippen LogP contribution in [0.4, 0.5) is 0 Å². The molecule has 0 radical (unpaired) electrons. The third-order valence-electron chi connectivity index (χ3n) is 6.89. The van der Waals surface area contributed by atoms with Crippen molar-refractivity contribution in [3.63, 3.8) is 0 Å². The third-order valence-corrected chi connectivity index (χ3v) is 6.89. The molecule has 0 aromatic carbocycles. The van der Waals surface area contributed by atoms with Crippen LogP contribution in [0.2, 0.25) is 0 Å². The predicted molar refractivity (Wildman–Crippen MR) is 89.8 cm³/mol. The van der Waals surface area contributed by atoms with Crippen LogP contribution in [-0.4, -0.2) is 41.0 Å². The zero-order valence-electron chi connectivity index (χ0n) is 16.0. The molecule has 1 N–H and O–H groups in total. The molecule has 0 aromatic heterocycles. The zero-order valence-corrected chi connectivity index (χ0v) is 16.0. The first kappa shape index (κ1) is 19.1. The van der Waals surface area contributed by atoms with Gasteiger partial charge >= 0.3 is 11.9 Å². The molecule has 4 heterocycles. The average molecular weight is 384 g/mol. The average Bonchev–Trinajstić information content (AvgIpc) is 2.84. The molecule has 8 atom stereocenters. The number of carboxylic acids is 1. The Balaban J connectivity index is 1.58. The number of esters is 1. The molecule has 1 spiro atoms. The number of rotatable bonds is 4. The van der Waals surface area contributed by atoms with E-state index in [1.54, 1.807) is 0 Å². The van der Waals surface area contributed by atoms with E-state index < -0.39 is 35.9 Å². The van der Waals surface area contributed by atoms with Gasteiger partial charge in [0.25, 0.3) is 0 Å². The Morgan fingerprint density at radius 2 is 1.89 bits per heavy atom. The fourth-order valence-electron chi connectivity index (χ4n) is 5.40. The molecule has 1 saturated carbocycles. The number of carbonyl (C=O) groups excluding carboxylic acids is 1. The molecular weight excluding hydrogens is 356 g/mol. The lowest BCUT2D eigenvalue weighted by molar-refractivity contribution is -0.576. The highest BCUT2D eigenvalue weighted by Gasteiger charge is 2.69. The summed E-state index contributed by atoms with van der Waals surface area (Å²) in [6.45, 7) is 6.06. The van der Waals surface area contributed by atoms with E-state index >= 15 is 0 Å². The summed E-state index contributed by atoms with van der Waals surface area (Å²) in [5, 5.41) is 8.76. The molecule has 5 rings (SSSR count). The molecule has 4 saturated heterocycles. The van der Waals surface area contributed by atoms with Gasteiger partial charge in [0.1, 0.15) is 0 Å². The number of hydrogen-bond donors (Lipinski definition) is 1. The largest absolute Gasteiger partial charge is 0.481 e. The van der Waals surface area contributed by atoms with Crippen LogP contribution in [0.25, 0.3) is 0 Å². The smallest absolute Gasteiger partial charge is 0.308 e. The monoisotopic (exact) mass is 384 g/mol. The van der Waals surface area contributed by atoms with E-state index in [0.29, 0.717) is 12.3 Å². The normalized spacial score (nSPS) is 48.4. The summed E-state index contributed by atoms with van der Waals surface area (Å²) in [6.07, 6.45) is 1.72. The van der Waals surface area contributed by atoms with Crippen molar-refractivity contribution in [1.82, 2.24) is 0 Å². The van der Waals surface area contributed by atoms with Gasteiger partial charge in [-0.15, -0.1) is 0 Å². The van der Waals surface area contributed by atoms with E-state index in [-0.39, 0.29) is 30.6 Å². The molecule has 4 aliphatic heterocycles. The lowest BCUT2D eigenvalue weighted by atomic mass is 9.58. The molecular formula is C19H28O8. The lowest BCUT2D eigenvalue weighted by Crippen LogP contribution is -2.70. The molecule has 5 fully saturated rings. The molecule has 5 aliphatic rings. The van der Waals surface area contributed by atoms with Gasteiger partial charge in [-0.1, -0.05) is 13.8 Å². The van der Waals surface area contributed by atoms with Gasteiger partial charge < -0.3 is 19.3 Å². The first-order chi connectivity index (χ1) is 12.7. The Bertz CT molecular complexity index is 623. The number of hydrogen-bond acceptors (Lipinski definition) is 7. The van der Waals surface area contributed by atoms with Gasteiger partial charge in [-0.2, -0.15) is 0 Å². The Hall–Kier alpha value is -1.22. The number of ether oxygens (including phenoxy) is 3. The Morgan fingerprint density at radius 3 is 2.63 bits per heavy atom. The van der Waals surface area contributed by atoms with E-state index in [2.05, 4.69) is 6.92 Å². The van der Waals surface area contributed by atoms with Crippen LogP contribution in [0.15, 0.2) is 0 Å². The maximum Gasteiger partial charge on any atom is 0.308 e. The quantitative estimate of drug-likeness (QED) is 0.583. The number of carboxylic acid groups (broad SMARTS) is 1. The van der Waals surface area contributed by atoms with Crippen LogP contribution >= 0.6 is 0 Å². The molecule has 152 valence electrons. The van der Waals surface area contributed by atoms with E-state index in [9.17, 15) is 9.59 Å². The predicted octanol–water partition coefficient (Wildman–Crippen LogP) is 2.60. The van der Waals surface area contributed by atoms with Crippen LogP contribution in [0.1, 0.15) is 59.3 Å². The van der Waals surface area contributed by atoms with E-state index in [0.717, 1.165) is 19.3 Å². The SMILES string of the molecule is C[C@@H]1C(OC(=O)CCC(=O)O)O[C@H]2O[C@@]3(C)CC[C@@H]4[C@@H](C)CC[C@H]1C24OO3. The Kier molecular flexibility index (Phi) is 4.73. The summed E-state index contributed by atoms with van der Waals surface area (Å²) < 4.78 is 17.8. The van der Waals surface area contributed by atoms with E-state index in [4.69, 9.17) is 29.1 Å². The van der Waals surface area contributed by atoms with Crippen LogP contribution in [-0.2, 0) is 33.6 Å². The third kappa shape index (κ3) is 3.06. The highest BCUT2D eigenvalue weighted by atomic mass is 17.3. The van der Waals surface area contributed by atoms with Crippen molar-refractivity contribution in [2.45, 2.75) is 83.3 Å². The Morgan fingerprint density at radius 1 is 1.11 bits per heavy atom. The van der Waals surface area contributed by atoms with E-state index in [1.807, 2.05) is 13.8 Å². The minimum absolute atomic E-state index is 0.0670. The van der Waals surface area contributed by atoms with Gasteiger partial charge in [-0.25, -0.2) is 9.78 Å². The highest BCUT2D eigenvalue weighted by Crippen LogP contribution is 2.60. The van der Waals surface area contributed by atoms with Gasteiger partial charge in [0, 0.05) is 18.3 Å². The zero-order chi connectivity index (χ0) is 19.4. The first-order valence-electron chi connectivity index (χ1n) is 9.86. The van der Waals surface area contributed by atoms with Crippen LogP contribution in [0, 0.1) is 23.7 Å². The molecule has 2 bridgehead atoms. The fraction of sp³-hybridized carbons (Fsp3) is 0.895. The molecule has 0 amide bonds. The summed E-state index contributed by atoms with van der Waals surface area (Å²) in [7, 11) is 0. The van der Waals surface area contributed by atoms with Crippen LogP contribution < -0.4 is 0 Å². The Labute approximate surface area is 158 Å². The fourth-order valence-corrected chi connectivity index (χ4v) is 5.40. The maximum absolute atomic E-state index is 12.1. The molecule has 1 aliphatic carbocycles. The number of carbonyl (C=O) groups is 2. The topological polar surface area (TPSA) is 101 Å². The van der Waals surface area contributed by atoms with Crippen LogP contribution in [0.5, 0.6) is 0 Å². The van der Waals surface area contributed by atoms with Crippen molar-refractivity contribution in [3.05, 3.63) is 0 Å².